The van der Waals surface area contributed by atoms with Crippen molar-refractivity contribution in [1.29, 1.82) is 0 Å². The highest BCUT2D eigenvalue weighted by Gasteiger charge is 2.29. The standard InChI is InChI=1S/C10H18N2O5/c1-6(13)7-2-3-12(5-7)10(17)11-4-8(14)9(15)16/h6-8,13-14H,2-5H2,1H3,(H,11,17)(H,15,16)/t6?,7?,8-/m0/s1. The Bertz CT molecular complexity index is 294. The molecule has 0 aliphatic carbocycles. The molecule has 0 radical (unpaired) electrons. The number of carboxylic acid groups (broad SMARTS) is 1. The van der Waals surface area contributed by atoms with Gasteiger partial charge in [0, 0.05) is 19.0 Å². The van der Waals surface area contributed by atoms with Gasteiger partial charge in [0.05, 0.1) is 12.6 Å². The van der Waals surface area contributed by atoms with Gasteiger partial charge in [-0.25, -0.2) is 9.59 Å². The Morgan fingerprint density at radius 2 is 2.12 bits per heavy atom. The third-order valence-electron chi connectivity index (χ3n) is 2.93. The van der Waals surface area contributed by atoms with Crippen LogP contribution in [0, 0.1) is 5.92 Å². The summed E-state index contributed by atoms with van der Waals surface area (Å²) in [5.74, 6) is -1.31. The van der Waals surface area contributed by atoms with Gasteiger partial charge in [0.1, 0.15) is 0 Å². The zero-order valence-corrected chi connectivity index (χ0v) is 9.67. The van der Waals surface area contributed by atoms with Crippen LogP contribution in [0.5, 0.6) is 0 Å². The van der Waals surface area contributed by atoms with E-state index in [4.69, 9.17) is 10.2 Å². The fourth-order valence-corrected chi connectivity index (χ4v) is 1.75. The normalized spacial score (nSPS) is 23.2. The van der Waals surface area contributed by atoms with Crippen LogP contribution in [0.1, 0.15) is 13.3 Å². The van der Waals surface area contributed by atoms with Gasteiger partial charge in [-0.2, -0.15) is 0 Å². The van der Waals surface area contributed by atoms with E-state index >= 15 is 0 Å². The molecule has 7 heteroatoms. The number of amides is 2. The lowest BCUT2D eigenvalue weighted by Gasteiger charge is -2.18. The van der Waals surface area contributed by atoms with Crippen molar-refractivity contribution in [3.05, 3.63) is 0 Å². The summed E-state index contributed by atoms with van der Waals surface area (Å²) < 4.78 is 0. The number of carbonyl (C=O) groups excluding carboxylic acids is 1. The van der Waals surface area contributed by atoms with Gasteiger partial charge >= 0.3 is 12.0 Å². The molecule has 1 fully saturated rings. The summed E-state index contributed by atoms with van der Waals surface area (Å²) >= 11 is 0. The largest absolute Gasteiger partial charge is 0.479 e. The molecule has 2 unspecified atom stereocenters. The van der Waals surface area contributed by atoms with E-state index in [9.17, 15) is 14.7 Å². The van der Waals surface area contributed by atoms with Crippen molar-refractivity contribution >= 4 is 12.0 Å². The van der Waals surface area contributed by atoms with E-state index in [-0.39, 0.29) is 12.5 Å². The smallest absolute Gasteiger partial charge is 0.334 e. The number of urea groups is 1. The number of hydrogen-bond acceptors (Lipinski definition) is 4. The summed E-state index contributed by atoms with van der Waals surface area (Å²) in [6, 6.07) is -0.409. The number of aliphatic hydroxyl groups is 2. The highest BCUT2D eigenvalue weighted by atomic mass is 16.4. The van der Waals surface area contributed by atoms with Gasteiger partial charge in [-0.05, 0) is 13.3 Å². The molecule has 0 aromatic carbocycles. The molecule has 17 heavy (non-hydrogen) atoms. The molecule has 1 heterocycles. The van der Waals surface area contributed by atoms with Crippen LogP contribution >= 0.6 is 0 Å². The van der Waals surface area contributed by atoms with Gasteiger partial charge in [0.2, 0.25) is 0 Å². The van der Waals surface area contributed by atoms with Crippen molar-refractivity contribution in [2.75, 3.05) is 19.6 Å². The summed E-state index contributed by atoms with van der Waals surface area (Å²) in [7, 11) is 0. The lowest BCUT2D eigenvalue weighted by Crippen LogP contribution is -2.43. The Balaban J connectivity index is 2.32. The summed E-state index contributed by atoms with van der Waals surface area (Å²) in [5, 5.41) is 29.1. The van der Waals surface area contributed by atoms with Crippen molar-refractivity contribution in [1.82, 2.24) is 10.2 Å². The first-order valence-electron chi connectivity index (χ1n) is 5.53. The van der Waals surface area contributed by atoms with Crippen LogP contribution in [0.2, 0.25) is 0 Å². The Labute approximate surface area is 99.0 Å². The van der Waals surface area contributed by atoms with Crippen LogP contribution in [0.25, 0.3) is 0 Å². The van der Waals surface area contributed by atoms with Crippen LogP contribution in [0.3, 0.4) is 0 Å². The zero-order chi connectivity index (χ0) is 13.0. The third kappa shape index (κ3) is 3.86. The van der Waals surface area contributed by atoms with Gasteiger partial charge in [0.25, 0.3) is 0 Å². The minimum absolute atomic E-state index is 0.0603. The first-order chi connectivity index (χ1) is 7.91. The third-order valence-corrected chi connectivity index (χ3v) is 2.93. The number of hydrogen-bond donors (Lipinski definition) is 4. The Kier molecular flexibility index (Phi) is 4.71. The topological polar surface area (TPSA) is 110 Å². The van der Waals surface area contributed by atoms with E-state index in [1.54, 1.807) is 6.92 Å². The Hall–Kier alpha value is -1.34. The van der Waals surface area contributed by atoms with E-state index in [1.165, 1.54) is 4.90 Å². The summed E-state index contributed by atoms with van der Waals surface area (Å²) in [6.07, 6.45) is -1.32. The fourth-order valence-electron chi connectivity index (χ4n) is 1.75. The van der Waals surface area contributed by atoms with E-state index < -0.39 is 24.2 Å². The lowest BCUT2D eigenvalue weighted by atomic mass is 10.0. The van der Waals surface area contributed by atoms with E-state index in [2.05, 4.69) is 5.32 Å². The molecule has 0 bridgehead atoms. The molecule has 2 amide bonds. The second-order valence-electron chi connectivity index (χ2n) is 4.28. The average Bonchev–Trinajstić information content (AvgIpc) is 2.74. The summed E-state index contributed by atoms with van der Waals surface area (Å²) in [5.41, 5.74) is 0. The molecule has 1 aliphatic rings. The van der Waals surface area contributed by atoms with Crippen molar-refractivity contribution < 1.29 is 24.9 Å². The molecule has 4 N–H and O–H groups in total. The SMILES string of the molecule is CC(O)C1CCN(C(=O)NC[C@H](O)C(=O)O)C1. The number of carbonyl (C=O) groups is 2. The number of aliphatic hydroxyl groups excluding tert-OH is 2. The molecule has 0 aromatic rings. The first-order valence-corrected chi connectivity index (χ1v) is 5.53. The number of nitrogens with one attached hydrogen (secondary N) is 1. The zero-order valence-electron chi connectivity index (χ0n) is 9.67. The molecule has 98 valence electrons. The highest BCUT2D eigenvalue weighted by Crippen LogP contribution is 2.19. The average molecular weight is 246 g/mol. The Morgan fingerprint density at radius 3 is 2.59 bits per heavy atom. The molecular formula is C10H18N2O5. The maximum Gasteiger partial charge on any atom is 0.334 e. The molecule has 7 nitrogen and oxygen atoms in total. The predicted octanol–water partition coefficient (Wildman–Crippen LogP) is -1.16. The number of rotatable bonds is 4. The van der Waals surface area contributed by atoms with E-state index in [0.29, 0.717) is 13.1 Å². The van der Waals surface area contributed by atoms with Gasteiger partial charge in [0.15, 0.2) is 6.10 Å². The molecule has 0 aromatic heterocycles. The molecule has 1 aliphatic heterocycles. The fraction of sp³-hybridized carbons (Fsp3) is 0.800. The summed E-state index contributed by atoms with van der Waals surface area (Å²) in [4.78, 5) is 23.4. The first kappa shape index (κ1) is 13.7. The second-order valence-corrected chi connectivity index (χ2v) is 4.28. The molecular weight excluding hydrogens is 228 g/mol. The number of nitrogens with zero attached hydrogens (tertiary/aromatic N) is 1. The number of likely N-dealkylation sites (tertiary alicyclic amines) is 1. The van der Waals surface area contributed by atoms with Crippen LogP contribution in [-0.4, -0.2) is 64.1 Å². The molecule has 1 saturated heterocycles. The predicted molar refractivity (Wildman–Crippen MR) is 58.4 cm³/mol. The van der Waals surface area contributed by atoms with Gasteiger partial charge < -0.3 is 25.5 Å². The minimum atomic E-state index is -1.59. The monoisotopic (exact) mass is 246 g/mol. The summed E-state index contributed by atoms with van der Waals surface area (Å²) in [6.45, 7) is 2.35. The molecule has 0 saturated carbocycles. The Morgan fingerprint density at radius 1 is 1.47 bits per heavy atom. The van der Waals surface area contributed by atoms with E-state index in [0.717, 1.165) is 6.42 Å². The van der Waals surface area contributed by atoms with Crippen molar-refractivity contribution in [3.8, 4) is 0 Å². The van der Waals surface area contributed by atoms with Crippen LogP contribution < -0.4 is 5.32 Å². The highest BCUT2D eigenvalue weighted by molar-refractivity contribution is 5.77. The van der Waals surface area contributed by atoms with Gasteiger partial charge in [-0.3, -0.25) is 0 Å². The van der Waals surface area contributed by atoms with Crippen LogP contribution in [0.15, 0.2) is 0 Å². The van der Waals surface area contributed by atoms with E-state index in [1.807, 2.05) is 0 Å². The maximum atomic E-state index is 11.6. The van der Waals surface area contributed by atoms with Crippen molar-refractivity contribution in [3.63, 3.8) is 0 Å². The van der Waals surface area contributed by atoms with Gasteiger partial charge in [-0.15, -0.1) is 0 Å². The van der Waals surface area contributed by atoms with Crippen LogP contribution in [0.4, 0.5) is 4.79 Å². The number of aliphatic carboxylic acids is 1. The second kappa shape index (κ2) is 5.83. The number of carboxylic acids is 1. The van der Waals surface area contributed by atoms with Crippen molar-refractivity contribution in [2.45, 2.75) is 25.6 Å². The van der Waals surface area contributed by atoms with Gasteiger partial charge in [-0.1, -0.05) is 0 Å². The van der Waals surface area contributed by atoms with Crippen LogP contribution in [-0.2, 0) is 4.79 Å². The van der Waals surface area contributed by atoms with Crippen molar-refractivity contribution in [2.24, 2.45) is 5.92 Å². The quantitative estimate of drug-likeness (QED) is 0.500. The molecule has 1 rings (SSSR count). The minimum Gasteiger partial charge on any atom is -0.479 e. The molecule has 3 atom stereocenters. The molecule has 0 spiro atoms. The lowest BCUT2D eigenvalue weighted by molar-refractivity contribution is -0.146. The maximum absolute atomic E-state index is 11.6.